The van der Waals surface area contributed by atoms with Crippen molar-refractivity contribution in [2.24, 2.45) is 0 Å². The largest absolute Gasteiger partial charge is 0.335 e. The average molecular weight is 405 g/mol. The van der Waals surface area contributed by atoms with E-state index in [0.29, 0.717) is 26.6 Å². The van der Waals surface area contributed by atoms with Crippen molar-refractivity contribution in [2.45, 2.75) is 18.8 Å². The Morgan fingerprint density at radius 1 is 1.05 bits per heavy atom. The molecule has 3 rings (SSSR count). The minimum atomic E-state index is -0.681. The molecule has 1 fully saturated rings. The molecule has 0 radical (unpaired) electrons. The summed E-state index contributed by atoms with van der Waals surface area (Å²) in [6.07, 6.45) is 2.10. The van der Waals surface area contributed by atoms with Gasteiger partial charge in [0.25, 0.3) is 0 Å². The zero-order valence-electron chi connectivity index (χ0n) is 10.1. The Balaban J connectivity index is 1.95. The van der Waals surface area contributed by atoms with E-state index in [4.69, 9.17) is 0 Å². The third-order valence-corrected chi connectivity index (χ3v) is 3.78. The number of nitrogens with one attached hydrogen (secondary N) is 1. The number of halogens is 4. The van der Waals surface area contributed by atoms with Crippen molar-refractivity contribution < 1.29 is 8.78 Å². The van der Waals surface area contributed by atoms with Crippen LogP contribution in [-0.4, -0.2) is 9.97 Å². The molecule has 1 aliphatic carbocycles. The van der Waals surface area contributed by atoms with Crippen molar-refractivity contribution in [1.82, 2.24) is 9.97 Å². The molecule has 0 saturated heterocycles. The predicted molar refractivity (Wildman–Crippen MR) is 79.0 cm³/mol. The van der Waals surface area contributed by atoms with Crippen LogP contribution in [0.3, 0.4) is 0 Å². The van der Waals surface area contributed by atoms with Gasteiger partial charge >= 0.3 is 0 Å². The van der Waals surface area contributed by atoms with E-state index >= 15 is 0 Å². The van der Waals surface area contributed by atoms with Crippen molar-refractivity contribution in [3.05, 3.63) is 44.7 Å². The molecule has 1 saturated carbocycles. The van der Waals surface area contributed by atoms with Crippen molar-refractivity contribution in [1.29, 1.82) is 0 Å². The van der Waals surface area contributed by atoms with Crippen LogP contribution in [0.1, 0.15) is 24.6 Å². The zero-order valence-corrected chi connectivity index (χ0v) is 13.3. The van der Waals surface area contributed by atoms with E-state index in [1.165, 1.54) is 12.1 Å². The number of aromatic nitrogens is 2. The van der Waals surface area contributed by atoms with Gasteiger partial charge in [-0.05, 0) is 40.9 Å². The molecule has 0 spiro atoms. The van der Waals surface area contributed by atoms with Crippen molar-refractivity contribution in [2.75, 3.05) is 5.32 Å². The van der Waals surface area contributed by atoms with Crippen LogP contribution in [0.25, 0.3) is 0 Å². The Morgan fingerprint density at radius 2 is 1.70 bits per heavy atom. The van der Waals surface area contributed by atoms with Gasteiger partial charge in [-0.1, -0.05) is 15.9 Å². The van der Waals surface area contributed by atoms with Crippen molar-refractivity contribution in [3.8, 4) is 0 Å². The number of hydrogen-bond donors (Lipinski definition) is 1. The second-order valence-electron chi connectivity index (χ2n) is 4.58. The molecule has 7 heteroatoms. The maximum absolute atomic E-state index is 13.8. The first-order valence-electron chi connectivity index (χ1n) is 5.99. The Hall–Kier alpha value is -1.08. The summed E-state index contributed by atoms with van der Waals surface area (Å²) >= 11 is 6.33. The van der Waals surface area contributed by atoms with Gasteiger partial charge in [0.15, 0.2) is 11.6 Å². The molecule has 0 amide bonds. The Morgan fingerprint density at radius 3 is 2.30 bits per heavy atom. The number of hydrogen-bond acceptors (Lipinski definition) is 3. The van der Waals surface area contributed by atoms with E-state index in [1.54, 1.807) is 6.07 Å². The molecule has 3 nitrogen and oxygen atoms in total. The summed E-state index contributed by atoms with van der Waals surface area (Å²) in [7, 11) is 0. The first-order chi connectivity index (χ1) is 9.52. The van der Waals surface area contributed by atoms with Crippen LogP contribution < -0.4 is 5.32 Å². The molecule has 1 N–H and O–H groups in total. The first-order valence-corrected chi connectivity index (χ1v) is 7.57. The number of anilines is 2. The second-order valence-corrected chi connectivity index (χ2v) is 6.31. The normalized spacial score (nSPS) is 14.4. The molecule has 0 bridgehead atoms. The standard InChI is InChI=1S/C13H9Br2F2N3/c14-7-3-8(16)12(9(17)4-7)19-11-5-10(15)18-13(20-11)6-1-2-6/h3-6H,1-2H2,(H,18,19,20). The summed E-state index contributed by atoms with van der Waals surface area (Å²) in [5, 5.41) is 2.68. The molecule has 1 aromatic heterocycles. The van der Waals surface area contributed by atoms with Crippen LogP contribution in [-0.2, 0) is 0 Å². The Kier molecular flexibility index (Phi) is 3.72. The van der Waals surface area contributed by atoms with E-state index in [1.807, 2.05) is 0 Å². The van der Waals surface area contributed by atoms with Gasteiger partial charge in [0, 0.05) is 16.5 Å². The van der Waals surface area contributed by atoms with Gasteiger partial charge in [0.05, 0.1) is 0 Å². The molecule has 1 heterocycles. The fourth-order valence-electron chi connectivity index (χ4n) is 1.81. The lowest BCUT2D eigenvalue weighted by Gasteiger charge is -2.10. The summed E-state index contributed by atoms with van der Waals surface area (Å²) in [6.45, 7) is 0. The second kappa shape index (κ2) is 5.37. The van der Waals surface area contributed by atoms with Crippen LogP contribution in [0, 0.1) is 11.6 Å². The number of benzene rings is 1. The molecule has 1 aromatic carbocycles. The fraction of sp³-hybridized carbons (Fsp3) is 0.231. The maximum Gasteiger partial charge on any atom is 0.150 e. The van der Waals surface area contributed by atoms with Gasteiger partial charge in [-0.15, -0.1) is 0 Å². The van der Waals surface area contributed by atoms with E-state index < -0.39 is 11.6 Å². The van der Waals surface area contributed by atoms with Crippen molar-refractivity contribution >= 4 is 43.4 Å². The van der Waals surface area contributed by atoms with Crippen molar-refractivity contribution in [3.63, 3.8) is 0 Å². The Labute approximate surface area is 131 Å². The third kappa shape index (κ3) is 2.98. The van der Waals surface area contributed by atoms with E-state index in [9.17, 15) is 8.78 Å². The molecule has 20 heavy (non-hydrogen) atoms. The summed E-state index contributed by atoms with van der Waals surface area (Å²) in [6, 6.07) is 3.99. The van der Waals surface area contributed by atoms with Gasteiger partial charge in [-0.25, -0.2) is 18.7 Å². The van der Waals surface area contributed by atoms with Crippen LogP contribution in [0.5, 0.6) is 0 Å². The van der Waals surface area contributed by atoms with E-state index in [2.05, 4.69) is 47.1 Å². The van der Waals surface area contributed by atoms with Crippen LogP contribution in [0.4, 0.5) is 20.3 Å². The lowest BCUT2D eigenvalue weighted by atomic mass is 10.3. The fourth-order valence-corrected chi connectivity index (χ4v) is 2.61. The molecule has 0 aliphatic heterocycles. The number of nitrogens with zero attached hydrogens (tertiary/aromatic N) is 2. The molecule has 0 atom stereocenters. The number of rotatable bonds is 3. The highest BCUT2D eigenvalue weighted by atomic mass is 79.9. The van der Waals surface area contributed by atoms with Crippen LogP contribution in [0.15, 0.2) is 27.3 Å². The summed E-state index contributed by atoms with van der Waals surface area (Å²) in [4.78, 5) is 8.57. The molecule has 104 valence electrons. The van der Waals surface area contributed by atoms with Crippen LogP contribution >= 0.6 is 31.9 Å². The minimum Gasteiger partial charge on any atom is -0.335 e. The SMILES string of the molecule is Fc1cc(Br)cc(F)c1Nc1cc(Br)nc(C2CC2)n1. The zero-order chi connectivity index (χ0) is 14.3. The topological polar surface area (TPSA) is 37.8 Å². The quantitative estimate of drug-likeness (QED) is 0.739. The van der Waals surface area contributed by atoms with Gasteiger partial charge in [-0.3, -0.25) is 0 Å². The van der Waals surface area contributed by atoms with Gasteiger partial charge in [-0.2, -0.15) is 0 Å². The highest BCUT2D eigenvalue weighted by Gasteiger charge is 2.27. The summed E-state index contributed by atoms with van der Waals surface area (Å²) in [5.74, 6) is 0.0560. The lowest BCUT2D eigenvalue weighted by Crippen LogP contribution is -2.03. The summed E-state index contributed by atoms with van der Waals surface area (Å²) < 4.78 is 28.5. The summed E-state index contributed by atoms with van der Waals surface area (Å²) in [5.41, 5.74) is -0.222. The van der Waals surface area contributed by atoms with Gasteiger partial charge in [0.1, 0.15) is 21.9 Å². The van der Waals surface area contributed by atoms with Gasteiger partial charge < -0.3 is 5.32 Å². The van der Waals surface area contributed by atoms with E-state index in [-0.39, 0.29) is 5.69 Å². The van der Waals surface area contributed by atoms with E-state index in [0.717, 1.165) is 12.8 Å². The smallest absolute Gasteiger partial charge is 0.150 e. The molecular formula is C13H9Br2F2N3. The highest BCUT2D eigenvalue weighted by molar-refractivity contribution is 9.10. The molecular weight excluding hydrogens is 396 g/mol. The molecule has 2 aromatic rings. The molecule has 1 aliphatic rings. The first kappa shape index (κ1) is 13.9. The monoisotopic (exact) mass is 403 g/mol. The Bertz CT molecular complexity index is 652. The van der Waals surface area contributed by atoms with Crippen LogP contribution in [0.2, 0.25) is 0 Å². The van der Waals surface area contributed by atoms with Gasteiger partial charge in [0.2, 0.25) is 0 Å². The minimum absolute atomic E-state index is 0.222. The third-order valence-electron chi connectivity index (χ3n) is 2.91. The maximum atomic E-state index is 13.8. The predicted octanol–water partition coefficient (Wildman–Crippen LogP) is 4.90. The average Bonchev–Trinajstić information content (AvgIpc) is 3.17. The highest BCUT2D eigenvalue weighted by Crippen LogP contribution is 2.39. The molecule has 0 unspecified atom stereocenters. The lowest BCUT2D eigenvalue weighted by molar-refractivity contribution is 0.589.